The number of nitriles is 1. The van der Waals surface area contributed by atoms with E-state index in [0.29, 0.717) is 12.2 Å². The lowest BCUT2D eigenvalue weighted by molar-refractivity contribution is -0.131. The molecule has 33 heavy (non-hydrogen) atoms. The summed E-state index contributed by atoms with van der Waals surface area (Å²) in [5.41, 5.74) is 1.77. The fraction of sp³-hybridized carbons (Fsp3) is 0.409. The molecule has 1 fully saturated rings. The molecule has 3 amide bonds. The summed E-state index contributed by atoms with van der Waals surface area (Å²) >= 11 is 0. The molecule has 1 aromatic carbocycles. The highest BCUT2D eigenvalue weighted by atomic mass is 19.3. The van der Waals surface area contributed by atoms with E-state index >= 15 is 0 Å². The number of alkyl halides is 2. The molecule has 9 nitrogen and oxygen atoms in total. The Morgan fingerprint density at radius 1 is 1.27 bits per heavy atom. The van der Waals surface area contributed by atoms with Crippen LogP contribution in [0.25, 0.3) is 0 Å². The molecular formula is C22H24F2N6O3. The highest BCUT2D eigenvalue weighted by Crippen LogP contribution is 2.31. The lowest BCUT2D eigenvalue weighted by Gasteiger charge is -2.19. The van der Waals surface area contributed by atoms with Crippen molar-refractivity contribution in [3.05, 3.63) is 47.8 Å². The number of halogens is 2. The third-order valence-electron chi connectivity index (χ3n) is 5.13. The van der Waals surface area contributed by atoms with Gasteiger partial charge in [0.15, 0.2) is 0 Å². The smallest absolute Gasteiger partial charge is 0.268 e. The minimum atomic E-state index is -3.11. The van der Waals surface area contributed by atoms with Crippen molar-refractivity contribution in [3.8, 4) is 6.07 Å². The summed E-state index contributed by atoms with van der Waals surface area (Å²) in [5.74, 6) is -4.65. The molecule has 174 valence electrons. The predicted octanol–water partition coefficient (Wildman–Crippen LogP) is 2.02. The molecule has 2 heterocycles. The van der Waals surface area contributed by atoms with Crippen molar-refractivity contribution < 1.29 is 23.2 Å². The Morgan fingerprint density at radius 2 is 1.97 bits per heavy atom. The quantitative estimate of drug-likeness (QED) is 0.658. The Kier molecular flexibility index (Phi) is 7.06. The molecule has 0 bridgehead atoms. The minimum Gasteiger partial charge on any atom is -0.343 e. The summed E-state index contributed by atoms with van der Waals surface area (Å²) in [6.45, 7) is 2.65. The molecule has 2 aromatic rings. The van der Waals surface area contributed by atoms with E-state index in [9.17, 15) is 23.2 Å². The second-order valence-electron chi connectivity index (χ2n) is 8.18. The van der Waals surface area contributed by atoms with Crippen LogP contribution in [-0.4, -0.2) is 57.5 Å². The molecule has 1 aromatic heterocycles. The summed E-state index contributed by atoms with van der Waals surface area (Å²) in [6.07, 6.45) is 2.12. The van der Waals surface area contributed by atoms with Crippen LogP contribution in [0, 0.1) is 17.2 Å². The van der Waals surface area contributed by atoms with Crippen LogP contribution in [-0.2, 0) is 16.1 Å². The number of nitrogens with zero attached hydrogens (tertiary/aromatic N) is 4. The van der Waals surface area contributed by atoms with E-state index in [4.69, 9.17) is 5.26 Å². The van der Waals surface area contributed by atoms with Gasteiger partial charge in [-0.2, -0.15) is 10.4 Å². The van der Waals surface area contributed by atoms with Gasteiger partial charge in [-0.3, -0.25) is 19.1 Å². The van der Waals surface area contributed by atoms with E-state index in [1.165, 1.54) is 17.1 Å². The number of benzene rings is 1. The molecule has 1 saturated heterocycles. The Labute approximate surface area is 189 Å². The summed E-state index contributed by atoms with van der Waals surface area (Å²) < 4.78 is 28.5. The van der Waals surface area contributed by atoms with Crippen LogP contribution in [0.15, 0.2) is 36.7 Å². The largest absolute Gasteiger partial charge is 0.343 e. The lowest BCUT2D eigenvalue weighted by Crippen LogP contribution is -2.42. The van der Waals surface area contributed by atoms with Gasteiger partial charge in [0.25, 0.3) is 11.8 Å². The van der Waals surface area contributed by atoms with Crippen molar-refractivity contribution >= 4 is 23.4 Å². The average molecular weight is 458 g/mol. The van der Waals surface area contributed by atoms with Crippen LogP contribution >= 0.6 is 0 Å². The first-order valence-corrected chi connectivity index (χ1v) is 10.4. The summed E-state index contributed by atoms with van der Waals surface area (Å²) in [6, 6.07) is 7.68. The van der Waals surface area contributed by atoms with Gasteiger partial charge in [-0.1, -0.05) is 26.0 Å². The number of rotatable bonds is 7. The number of carbonyl (C=O) groups excluding carboxylic acids is 3. The van der Waals surface area contributed by atoms with Crippen LogP contribution in [0.4, 0.5) is 14.5 Å². The second-order valence-corrected chi connectivity index (χ2v) is 8.18. The Bertz CT molecular complexity index is 1070. The van der Waals surface area contributed by atoms with Crippen molar-refractivity contribution in [2.75, 3.05) is 18.4 Å². The number of hydrogen-bond donors (Lipinski definition) is 2. The van der Waals surface area contributed by atoms with Crippen molar-refractivity contribution in [2.45, 2.75) is 38.8 Å². The summed E-state index contributed by atoms with van der Waals surface area (Å²) in [5, 5.41) is 18.3. The van der Waals surface area contributed by atoms with E-state index in [-0.39, 0.29) is 17.4 Å². The van der Waals surface area contributed by atoms with E-state index in [0.717, 1.165) is 10.5 Å². The van der Waals surface area contributed by atoms with Crippen LogP contribution in [0.3, 0.4) is 0 Å². The van der Waals surface area contributed by atoms with Crippen molar-refractivity contribution in [2.24, 2.45) is 5.92 Å². The van der Waals surface area contributed by atoms with Crippen molar-refractivity contribution in [1.29, 1.82) is 5.26 Å². The van der Waals surface area contributed by atoms with Gasteiger partial charge in [0.1, 0.15) is 6.04 Å². The minimum absolute atomic E-state index is 0.0782. The maximum absolute atomic E-state index is 13.5. The van der Waals surface area contributed by atoms with Crippen LogP contribution in [0.1, 0.15) is 36.2 Å². The first-order valence-electron chi connectivity index (χ1n) is 10.4. The van der Waals surface area contributed by atoms with E-state index in [1.807, 2.05) is 12.1 Å². The molecule has 1 atom stereocenters. The highest BCUT2D eigenvalue weighted by Gasteiger charge is 2.47. The van der Waals surface area contributed by atoms with E-state index in [1.54, 1.807) is 32.0 Å². The number of nitrogens with one attached hydrogen (secondary N) is 2. The van der Waals surface area contributed by atoms with Crippen LogP contribution in [0.2, 0.25) is 0 Å². The number of amides is 3. The third-order valence-corrected chi connectivity index (χ3v) is 5.13. The van der Waals surface area contributed by atoms with Gasteiger partial charge < -0.3 is 15.5 Å². The average Bonchev–Trinajstić information content (AvgIpc) is 3.36. The van der Waals surface area contributed by atoms with Gasteiger partial charge in [-0.05, 0) is 17.7 Å². The molecule has 0 unspecified atom stereocenters. The van der Waals surface area contributed by atoms with Crippen molar-refractivity contribution in [1.82, 2.24) is 20.0 Å². The van der Waals surface area contributed by atoms with Gasteiger partial charge in [0.05, 0.1) is 37.5 Å². The molecule has 2 N–H and O–H groups in total. The zero-order valence-corrected chi connectivity index (χ0v) is 18.2. The summed E-state index contributed by atoms with van der Waals surface area (Å²) in [7, 11) is 0. The third kappa shape index (κ3) is 6.12. The Hall–Kier alpha value is -3.81. The number of likely N-dealkylation sites (tertiary alicyclic amines) is 1. The topological polar surface area (TPSA) is 120 Å². The molecule has 0 radical (unpaired) electrons. The lowest BCUT2D eigenvalue weighted by atomic mass is 10.1. The van der Waals surface area contributed by atoms with Gasteiger partial charge >= 0.3 is 0 Å². The first-order chi connectivity index (χ1) is 15.6. The molecule has 11 heteroatoms. The molecule has 1 aliphatic rings. The summed E-state index contributed by atoms with van der Waals surface area (Å²) in [4.78, 5) is 37.1. The maximum atomic E-state index is 13.5. The highest BCUT2D eigenvalue weighted by molar-refractivity contribution is 5.96. The maximum Gasteiger partial charge on any atom is 0.268 e. The van der Waals surface area contributed by atoms with Gasteiger partial charge in [-0.25, -0.2) is 8.78 Å². The molecule has 0 aliphatic carbocycles. The second kappa shape index (κ2) is 9.77. The zero-order valence-electron chi connectivity index (χ0n) is 18.2. The molecule has 1 aliphatic heterocycles. The van der Waals surface area contributed by atoms with Gasteiger partial charge in [0.2, 0.25) is 11.8 Å². The predicted molar refractivity (Wildman–Crippen MR) is 114 cm³/mol. The first kappa shape index (κ1) is 23.8. The Balaban J connectivity index is 1.53. The van der Waals surface area contributed by atoms with Crippen molar-refractivity contribution in [3.63, 3.8) is 0 Å². The van der Waals surface area contributed by atoms with E-state index < -0.39 is 43.3 Å². The van der Waals surface area contributed by atoms with Crippen LogP contribution in [0.5, 0.6) is 0 Å². The number of hydrogen-bond acceptors (Lipinski definition) is 5. The van der Waals surface area contributed by atoms with Gasteiger partial charge in [0, 0.05) is 24.2 Å². The molecule has 0 saturated carbocycles. The fourth-order valence-electron chi connectivity index (χ4n) is 3.29. The Morgan fingerprint density at radius 3 is 2.61 bits per heavy atom. The fourth-order valence-corrected chi connectivity index (χ4v) is 3.29. The number of anilines is 1. The van der Waals surface area contributed by atoms with Gasteiger partial charge in [-0.15, -0.1) is 0 Å². The normalized spacial score (nSPS) is 17.0. The zero-order chi connectivity index (χ0) is 24.2. The SMILES string of the molecule is CC(C)C(=O)Nc1ccc(Cn2cc(C(=O)NCC(=O)N3CC(F)(F)C[C@H]3C#N)cn2)cc1. The monoisotopic (exact) mass is 458 g/mol. The standard InChI is InChI=1S/C22H24F2N6O3/c1-14(2)20(32)28-17-5-3-15(4-6-17)11-29-12-16(9-27-29)21(33)26-10-19(31)30-13-22(23,24)7-18(30)8-25/h3-6,9,12,14,18H,7,10-11,13H2,1-2H3,(H,26,33)(H,28,32)/t18-/m0/s1. The van der Waals surface area contributed by atoms with E-state index in [2.05, 4.69) is 15.7 Å². The van der Waals surface area contributed by atoms with Crippen LogP contribution < -0.4 is 10.6 Å². The number of carbonyl (C=O) groups is 3. The molecule has 0 spiro atoms. The molecular weight excluding hydrogens is 434 g/mol. The number of aromatic nitrogens is 2. The molecule has 3 rings (SSSR count).